The molecule has 7 heteroatoms. The molecule has 0 saturated carbocycles. The fraction of sp³-hybridized carbons (Fsp3) is 0.240. The first-order valence-electron chi connectivity index (χ1n) is 10.7. The van der Waals surface area contributed by atoms with Crippen LogP contribution >= 0.6 is 0 Å². The molecule has 0 spiro atoms. The molecule has 6 nitrogen and oxygen atoms in total. The van der Waals surface area contributed by atoms with Crippen LogP contribution in [-0.4, -0.2) is 26.5 Å². The lowest BCUT2D eigenvalue weighted by molar-refractivity contribution is 0.386. The maximum atomic E-state index is 13.4. The van der Waals surface area contributed by atoms with Crippen LogP contribution in [0.15, 0.2) is 97.8 Å². The normalized spacial score (nSPS) is 15.2. The van der Waals surface area contributed by atoms with Crippen LogP contribution < -0.4 is 4.90 Å². The number of nitrogens with zero attached hydrogens (tertiary/aromatic N) is 2. The maximum absolute atomic E-state index is 13.4. The maximum Gasteiger partial charge on any atom is 0.266 e. The Kier molecular flexibility index (Phi) is 5.57. The average Bonchev–Trinajstić information content (AvgIpc) is 3.52. The van der Waals surface area contributed by atoms with Gasteiger partial charge < -0.3 is 13.7 Å². The van der Waals surface area contributed by atoms with Gasteiger partial charge in [-0.3, -0.25) is 0 Å². The van der Waals surface area contributed by atoms with E-state index in [9.17, 15) is 8.42 Å². The topological polar surface area (TPSA) is 76.5 Å². The highest BCUT2D eigenvalue weighted by molar-refractivity contribution is 7.91. The van der Waals surface area contributed by atoms with Gasteiger partial charge in [0, 0.05) is 13.1 Å². The van der Waals surface area contributed by atoms with Crippen molar-refractivity contribution >= 4 is 15.7 Å². The molecule has 1 saturated heterocycles. The average molecular weight is 449 g/mol. The highest BCUT2D eigenvalue weighted by atomic mass is 32.2. The molecule has 5 rings (SSSR count). The minimum atomic E-state index is -3.84. The molecular formula is C25H24N2O4S. The molecule has 2 aromatic carbocycles. The summed E-state index contributed by atoms with van der Waals surface area (Å²) in [5.41, 5.74) is 1.33. The van der Waals surface area contributed by atoms with Crippen LogP contribution in [0.5, 0.6) is 0 Å². The van der Waals surface area contributed by atoms with Crippen molar-refractivity contribution in [3.63, 3.8) is 0 Å². The first kappa shape index (κ1) is 20.6. The summed E-state index contributed by atoms with van der Waals surface area (Å²) in [5.74, 6) is 1.42. The molecule has 0 N–H and O–H groups in total. The predicted molar refractivity (Wildman–Crippen MR) is 121 cm³/mol. The summed E-state index contributed by atoms with van der Waals surface area (Å²) in [4.78, 5) is 6.56. The largest absolute Gasteiger partial charge is 0.459 e. The van der Waals surface area contributed by atoms with E-state index in [1.165, 1.54) is 11.8 Å². The number of anilines is 1. The van der Waals surface area contributed by atoms with Crippen LogP contribution in [0.1, 0.15) is 18.4 Å². The third-order valence-electron chi connectivity index (χ3n) is 5.89. The van der Waals surface area contributed by atoms with Crippen molar-refractivity contribution in [3.8, 4) is 11.7 Å². The second-order valence-electron chi connectivity index (χ2n) is 8.04. The van der Waals surface area contributed by atoms with Crippen molar-refractivity contribution in [3.05, 3.63) is 84.6 Å². The predicted octanol–water partition coefficient (Wildman–Crippen LogP) is 5.23. The van der Waals surface area contributed by atoms with Gasteiger partial charge in [0.1, 0.15) is 0 Å². The summed E-state index contributed by atoms with van der Waals surface area (Å²) in [6.45, 7) is 1.42. The van der Waals surface area contributed by atoms with Gasteiger partial charge in [-0.25, -0.2) is 8.42 Å². The van der Waals surface area contributed by atoms with Gasteiger partial charge >= 0.3 is 0 Å². The number of benzene rings is 2. The van der Waals surface area contributed by atoms with E-state index in [1.54, 1.807) is 42.5 Å². The standard InChI is InChI=1S/C25H24N2O4S/c28-32(29,21-10-5-2-6-11-21)24-25(31-23(26-24)22-12-7-17-30-22)27-15-13-20(14-16-27)18-19-8-3-1-4-9-19/h1-12,17,20H,13-16,18H2. The summed E-state index contributed by atoms with van der Waals surface area (Å²) < 4.78 is 38.2. The van der Waals surface area contributed by atoms with Crippen molar-refractivity contribution in [2.75, 3.05) is 18.0 Å². The molecule has 2 aromatic heterocycles. The number of furan rings is 1. The Labute approximate surface area is 187 Å². The Morgan fingerprint density at radius 1 is 0.906 bits per heavy atom. The zero-order chi connectivity index (χ0) is 22.0. The van der Waals surface area contributed by atoms with Crippen LogP contribution in [0.4, 0.5) is 5.88 Å². The minimum absolute atomic E-state index is 0.0587. The van der Waals surface area contributed by atoms with Gasteiger partial charge in [0.15, 0.2) is 5.76 Å². The van der Waals surface area contributed by atoms with E-state index in [-0.39, 0.29) is 15.8 Å². The van der Waals surface area contributed by atoms with Crippen LogP contribution in [0.25, 0.3) is 11.7 Å². The Balaban J connectivity index is 1.43. The van der Waals surface area contributed by atoms with Crippen molar-refractivity contribution in [2.45, 2.75) is 29.2 Å². The number of aromatic nitrogens is 1. The Bertz CT molecular complexity index is 1260. The molecule has 3 heterocycles. The highest BCUT2D eigenvalue weighted by Crippen LogP contribution is 2.36. The summed E-state index contributed by atoms with van der Waals surface area (Å²) >= 11 is 0. The lowest BCUT2D eigenvalue weighted by Crippen LogP contribution is -2.34. The zero-order valence-electron chi connectivity index (χ0n) is 17.6. The fourth-order valence-electron chi connectivity index (χ4n) is 4.18. The number of hydrogen-bond donors (Lipinski definition) is 0. The second-order valence-corrected chi connectivity index (χ2v) is 9.91. The van der Waals surface area contributed by atoms with Crippen LogP contribution in [-0.2, 0) is 16.3 Å². The molecule has 0 bridgehead atoms. The molecule has 0 radical (unpaired) electrons. The molecule has 0 amide bonds. The van der Waals surface area contributed by atoms with Crippen LogP contribution in [0, 0.1) is 5.92 Å². The summed E-state index contributed by atoms with van der Waals surface area (Å²) in [6.07, 6.45) is 4.45. The van der Waals surface area contributed by atoms with Crippen molar-refractivity contribution in [1.82, 2.24) is 4.98 Å². The lowest BCUT2D eigenvalue weighted by atomic mass is 9.90. The summed E-state index contributed by atoms with van der Waals surface area (Å²) in [5, 5.41) is -0.0587. The third kappa shape index (κ3) is 4.08. The molecule has 1 aliphatic rings. The van der Waals surface area contributed by atoms with Gasteiger partial charge in [-0.2, -0.15) is 4.98 Å². The Morgan fingerprint density at radius 3 is 2.25 bits per heavy atom. The first-order valence-corrected chi connectivity index (χ1v) is 12.2. The van der Waals surface area contributed by atoms with E-state index in [1.807, 2.05) is 11.0 Å². The number of hydrogen-bond acceptors (Lipinski definition) is 6. The number of piperidine rings is 1. The molecular weight excluding hydrogens is 424 g/mol. The van der Waals surface area contributed by atoms with Crippen molar-refractivity contribution < 1.29 is 17.3 Å². The highest BCUT2D eigenvalue weighted by Gasteiger charge is 2.33. The lowest BCUT2D eigenvalue weighted by Gasteiger charge is -2.32. The quantitative estimate of drug-likeness (QED) is 0.402. The van der Waals surface area contributed by atoms with E-state index < -0.39 is 9.84 Å². The van der Waals surface area contributed by atoms with Crippen molar-refractivity contribution in [2.24, 2.45) is 5.92 Å². The molecule has 1 aliphatic heterocycles. The fourth-order valence-corrected chi connectivity index (χ4v) is 5.52. The monoisotopic (exact) mass is 448 g/mol. The van der Waals surface area contributed by atoms with Gasteiger partial charge in [-0.15, -0.1) is 0 Å². The molecule has 32 heavy (non-hydrogen) atoms. The van der Waals surface area contributed by atoms with Gasteiger partial charge in [0.25, 0.3) is 5.89 Å². The van der Waals surface area contributed by atoms with Gasteiger partial charge in [0.2, 0.25) is 20.7 Å². The molecule has 0 atom stereocenters. The molecule has 0 unspecified atom stereocenters. The third-order valence-corrected chi connectivity index (χ3v) is 7.56. The Hall–Kier alpha value is -3.32. The van der Waals surface area contributed by atoms with Crippen LogP contribution in [0.2, 0.25) is 0 Å². The van der Waals surface area contributed by atoms with E-state index in [0.717, 1.165) is 19.3 Å². The van der Waals surface area contributed by atoms with Gasteiger partial charge in [-0.1, -0.05) is 48.5 Å². The minimum Gasteiger partial charge on any atom is -0.459 e. The zero-order valence-corrected chi connectivity index (χ0v) is 18.4. The van der Waals surface area contributed by atoms with Crippen LogP contribution in [0.3, 0.4) is 0 Å². The SMILES string of the molecule is O=S(=O)(c1ccccc1)c1nc(-c2ccco2)oc1N1CCC(Cc2ccccc2)CC1. The Morgan fingerprint density at radius 2 is 1.59 bits per heavy atom. The van der Waals surface area contributed by atoms with E-state index in [4.69, 9.17) is 8.83 Å². The summed E-state index contributed by atoms with van der Waals surface area (Å²) in [6, 6.07) is 22.2. The molecule has 0 aliphatic carbocycles. The van der Waals surface area contributed by atoms with Gasteiger partial charge in [0.05, 0.1) is 11.2 Å². The second kappa shape index (κ2) is 8.67. The van der Waals surface area contributed by atoms with Gasteiger partial charge in [-0.05, 0) is 55.0 Å². The smallest absolute Gasteiger partial charge is 0.266 e. The number of rotatable bonds is 6. The van der Waals surface area contributed by atoms with Crippen molar-refractivity contribution in [1.29, 1.82) is 0 Å². The van der Waals surface area contributed by atoms with E-state index >= 15 is 0 Å². The van der Waals surface area contributed by atoms with E-state index in [0.29, 0.717) is 30.7 Å². The molecule has 1 fully saturated rings. The number of oxazole rings is 1. The van der Waals surface area contributed by atoms with E-state index in [2.05, 4.69) is 29.2 Å². The molecule has 4 aromatic rings. The summed E-state index contributed by atoms with van der Waals surface area (Å²) in [7, 11) is -3.84. The number of sulfone groups is 1. The molecule has 164 valence electrons. The first-order chi connectivity index (χ1) is 15.6.